The second kappa shape index (κ2) is 10.3. The third-order valence-electron chi connectivity index (χ3n) is 5.84. The van der Waals surface area contributed by atoms with Gasteiger partial charge in [-0.1, -0.05) is 69.3 Å². The van der Waals surface area contributed by atoms with Gasteiger partial charge in [-0.2, -0.15) is 0 Å². The number of nitrogens with one attached hydrogen (secondary N) is 2. The van der Waals surface area contributed by atoms with Crippen molar-refractivity contribution in [1.82, 2.24) is 10.6 Å². The van der Waals surface area contributed by atoms with Crippen LogP contribution in [0, 0.1) is 5.92 Å². The van der Waals surface area contributed by atoms with Crippen molar-refractivity contribution >= 4 is 18.0 Å². The number of carbonyl (C=O) groups is 3. The van der Waals surface area contributed by atoms with E-state index in [1.165, 1.54) is 0 Å². The molecule has 0 fully saturated rings. The molecule has 0 bridgehead atoms. The number of carboxylic acids is 1. The van der Waals surface area contributed by atoms with Gasteiger partial charge >= 0.3 is 12.1 Å². The summed E-state index contributed by atoms with van der Waals surface area (Å²) in [5.41, 5.74) is 4.55. The zero-order valence-electron chi connectivity index (χ0n) is 18.6. The van der Waals surface area contributed by atoms with Gasteiger partial charge in [-0.15, -0.1) is 0 Å². The first-order chi connectivity index (χ1) is 15.3. The summed E-state index contributed by atoms with van der Waals surface area (Å²) in [6.45, 7) is 5.49. The van der Waals surface area contributed by atoms with Gasteiger partial charge in [0.05, 0.1) is 0 Å². The molecule has 2 atom stereocenters. The highest BCUT2D eigenvalue weighted by molar-refractivity contribution is 5.84. The van der Waals surface area contributed by atoms with E-state index in [0.29, 0.717) is 6.42 Å². The van der Waals surface area contributed by atoms with E-state index in [9.17, 15) is 19.5 Å². The Morgan fingerprint density at radius 1 is 0.969 bits per heavy atom. The number of rotatable bonds is 9. The number of carbonyl (C=O) groups excluding carboxylic acids is 2. The van der Waals surface area contributed by atoms with Crippen molar-refractivity contribution in [2.75, 3.05) is 6.61 Å². The largest absolute Gasteiger partial charge is 0.480 e. The molecule has 0 saturated carbocycles. The summed E-state index contributed by atoms with van der Waals surface area (Å²) in [6, 6.07) is 14.8. The van der Waals surface area contributed by atoms with Crippen molar-refractivity contribution in [3.8, 4) is 11.1 Å². The van der Waals surface area contributed by atoms with Gasteiger partial charge in [0.15, 0.2) is 0 Å². The molecule has 1 aliphatic rings. The first-order valence-electron chi connectivity index (χ1n) is 11.0. The molecule has 7 nitrogen and oxygen atoms in total. The van der Waals surface area contributed by atoms with Crippen molar-refractivity contribution in [3.05, 3.63) is 59.7 Å². The Hall–Kier alpha value is -3.35. The van der Waals surface area contributed by atoms with Crippen molar-refractivity contribution < 1.29 is 24.2 Å². The summed E-state index contributed by atoms with van der Waals surface area (Å²) in [7, 11) is 0. The number of aliphatic carboxylic acids is 1. The third-order valence-corrected chi connectivity index (χ3v) is 5.84. The molecule has 32 heavy (non-hydrogen) atoms. The molecular formula is C25H30N2O5. The maximum atomic E-state index is 12.5. The number of amides is 2. The first kappa shape index (κ1) is 23.3. The van der Waals surface area contributed by atoms with Gasteiger partial charge < -0.3 is 20.5 Å². The summed E-state index contributed by atoms with van der Waals surface area (Å²) in [5, 5.41) is 14.5. The van der Waals surface area contributed by atoms with Gasteiger partial charge in [0.25, 0.3) is 0 Å². The van der Waals surface area contributed by atoms with Crippen LogP contribution in [-0.2, 0) is 14.3 Å². The predicted molar refractivity (Wildman–Crippen MR) is 121 cm³/mol. The number of carboxylic acid groups (broad SMARTS) is 1. The fraction of sp³-hybridized carbons (Fsp3) is 0.400. The van der Waals surface area contributed by atoms with E-state index in [-0.39, 0.29) is 24.9 Å². The molecule has 2 aromatic carbocycles. The van der Waals surface area contributed by atoms with E-state index < -0.39 is 30.1 Å². The first-order valence-corrected chi connectivity index (χ1v) is 11.0. The summed E-state index contributed by atoms with van der Waals surface area (Å²) in [6.07, 6.45) is -0.0982. The second-order valence-electron chi connectivity index (χ2n) is 8.41. The molecule has 1 unspecified atom stereocenters. The number of hydrogen-bond acceptors (Lipinski definition) is 4. The summed E-state index contributed by atoms with van der Waals surface area (Å²) in [5.74, 6) is -1.78. The van der Waals surface area contributed by atoms with Crippen molar-refractivity contribution in [2.45, 2.75) is 51.6 Å². The molecule has 0 aromatic heterocycles. The van der Waals surface area contributed by atoms with Crippen LogP contribution in [0.1, 0.15) is 50.7 Å². The van der Waals surface area contributed by atoms with Crippen molar-refractivity contribution in [3.63, 3.8) is 0 Å². The Morgan fingerprint density at radius 3 is 2.03 bits per heavy atom. The minimum atomic E-state index is -1.08. The summed E-state index contributed by atoms with van der Waals surface area (Å²) < 4.78 is 5.54. The van der Waals surface area contributed by atoms with E-state index in [4.69, 9.17) is 4.74 Å². The van der Waals surface area contributed by atoms with E-state index in [2.05, 4.69) is 22.8 Å². The number of fused-ring (bicyclic) bond motifs is 3. The maximum absolute atomic E-state index is 12.5. The third kappa shape index (κ3) is 5.28. The molecule has 0 aliphatic heterocycles. The Bertz CT molecular complexity index is 942. The van der Waals surface area contributed by atoms with E-state index in [1.807, 2.05) is 43.3 Å². The number of benzene rings is 2. The summed E-state index contributed by atoms with van der Waals surface area (Å²) in [4.78, 5) is 36.0. The minimum absolute atomic E-state index is 0.0167. The number of ether oxygens (including phenoxy) is 1. The van der Waals surface area contributed by atoms with E-state index in [1.54, 1.807) is 13.8 Å². The van der Waals surface area contributed by atoms with Gasteiger partial charge in [-0.25, -0.2) is 9.59 Å². The lowest BCUT2D eigenvalue weighted by molar-refractivity contribution is -0.143. The van der Waals surface area contributed by atoms with Crippen LogP contribution in [0.4, 0.5) is 4.79 Å². The molecule has 170 valence electrons. The zero-order valence-corrected chi connectivity index (χ0v) is 18.6. The van der Waals surface area contributed by atoms with Gasteiger partial charge in [-0.3, -0.25) is 4.79 Å². The van der Waals surface area contributed by atoms with Gasteiger partial charge in [-0.05, 0) is 34.6 Å². The lowest BCUT2D eigenvalue weighted by atomic mass is 9.98. The van der Waals surface area contributed by atoms with Crippen LogP contribution in [0.5, 0.6) is 0 Å². The van der Waals surface area contributed by atoms with Gasteiger partial charge in [0.2, 0.25) is 5.91 Å². The average Bonchev–Trinajstić information content (AvgIpc) is 3.09. The summed E-state index contributed by atoms with van der Waals surface area (Å²) >= 11 is 0. The molecule has 0 heterocycles. The smallest absolute Gasteiger partial charge is 0.407 e. The Balaban J connectivity index is 1.57. The monoisotopic (exact) mass is 438 g/mol. The quantitative estimate of drug-likeness (QED) is 0.550. The fourth-order valence-electron chi connectivity index (χ4n) is 4.07. The highest BCUT2D eigenvalue weighted by atomic mass is 16.5. The zero-order chi connectivity index (χ0) is 23.3. The molecule has 3 N–H and O–H groups in total. The molecule has 2 amide bonds. The second-order valence-corrected chi connectivity index (χ2v) is 8.41. The van der Waals surface area contributed by atoms with Crippen LogP contribution in [0.15, 0.2) is 48.5 Å². The Labute approximate surface area is 188 Å². The molecule has 1 aliphatic carbocycles. The molecular weight excluding hydrogens is 408 g/mol. The molecule has 0 radical (unpaired) electrons. The van der Waals surface area contributed by atoms with Crippen LogP contribution in [0.3, 0.4) is 0 Å². The Kier molecular flexibility index (Phi) is 7.51. The highest BCUT2D eigenvalue weighted by Crippen LogP contribution is 2.44. The number of alkyl carbamates (subject to hydrolysis) is 1. The highest BCUT2D eigenvalue weighted by Gasteiger charge is 2.29. The van der Waals surface area contributed by atoms with Crippen molar-refractivity contribution in [1.29, 1.82) is 0 Å². The molecule has 7 heteroatoms. The van der Waals surface area contributed by atoms with Crippen LogP contribution < -0.4 is 10.6 Å². The SMILES string of the molecule is CC[C@H](CC(=O)NC(C(=O)O)C(C)C)NC(=O)OCC1c2ccccc2-c2ccccc21. The molecule has 3 rings (SSSR count). The number of hydrogen-bond donors (Lipinski definition) is 3. The molecule has 2 aromatic rings. The van der Waals surface area contributed by atoms with Crippen molar-refractivity contribution in [2.24, 2.45) is 5.92 Å². The van der Waals surface area contributed by atoms with Crippen LogP contribution in [-0.4, -0.2) is 41.8 Å². The average molecular weight is 439 g/mol. The van der Waals surface area contributed by atoms with Gasteiger partial charge in [0, 0.05) is 18.4 Å². The molecule has 0 spiro atoms. The van der Waals surface area contributed by atoms with E-state index >= 15 is 0 Å². The molecule has 0 saturated heterocycles. The fourth-order valence-corrected chi connectivity index (χ4v) is 4.07. The Morgan fingerprint density at radius 2 is 1.53 bits per heavy atom. The van der Waals surface area contributed by atoms with E-state index in [0.717, 1.165) is 22.3 Å². The lowest BCUT2D eigenvalue weighted by Gasteiger charge is -2.21. The lowest BCUT2D eigenvalue weighted by Crippen LogP contribution is -2.47. The van der Waals surface area contributed by atoms with Crippen LogP contribution >= 0.6 is 0 Å². The maximum Gasteiger partial charge on any atom is 0.407 e. The standard InChI is InChI=1S/C25H30N2O5/c1-4-16(13-22(28)27-23(15(2)3)24(29)30)26-25(31)32-14-21-19-11-7-5-9-17(19)18-10-6-8-12-20(18)21/h5-12,15-16,21,23H,4,13-14H2,1-3H3,(H,26,31)(H,27,28)(H,29,30)/t16-,23?/m1/s1. The van der Waals surface area contributed by atoms with Gasteiger partial charge in [0.1, 0.15) is 12.6 Å². The predicted octanol–water partition coefficient (Wildman–Crippen LogP) is 3.92. The minimum Gasteiger partial charge on any atom is -0.480 e. The van der Waals surface area contributed by atoms with Crippen LogP contribution in [0.25, 0.3) is 11.1 Å². The topological polar surface area (TPSA) is 105 Å². The van der Waals surface area contributed by atoms with Crippen LogP contribution in [0.2, 0.25) is 0 Å². The normalized spacial score (nSPS) is 14.2.